The maximum Gasteiger partial charge on any atom is 0.311 e. The average molecular weight is 267 g/mol. The number of nitro groups is 1. The van der Waals surface area contributed by atoms with E-state index < -0.39 is 0 Å². The summed E-state index contributed by atoms with van der Waals surface area (Å²) in [5.41, 5.74) is 0.0599. The molecule has 2 unspecified atom stereocenters. The molecule has 1 aromatic heterocycles. The zero-order chi connectivity index (χ0) is 13.0. The number of hydrogen-bond acceptors (Lipinski definition) is 5. The number of thioether (sulfide) groups is 1. The van der Waals surface area contributed by atoms with Gasteiger partial charge in [-0.2, -0.15) is 11.8 Å². The van der Waals surface area contributed by atoms with E-state index in [1.807, 2.05) is 11.8 Å². The van der Waals surface area contributed by atoms with Gasteiger partial charge in [0, 0.05) is 23.6 Å². The molecule has 1 saturated carbocycles. The Morgan fingerprint density at radius 3 is 3.17 bits per heavy atom. The Labute approximate surface area is 111 Å². The van der Waals surface area contributed by atoms with Gasteiger partial charge in [-0.3, -0.25) is 10.1 Å². The van der Waals surface area contributed by atoms with Crippen LogP contribution in [0.5, 0.6) is 0 Å². The lowest BCUT2D eigenvalue weighted by Crippen LogP contribution is -2.27. The van der Waals surface area contributed by atoms with E-state index in [2.05, 4.69) is 17.2 Å². The van der Waals surface area contributed by atoms with E-state index in [-0.39, 0.29) is 10.6 Å². The Hall–Kier alpha value is -1.30. The van der Waals surface area contributed by atoms with Crippen LogP contribution in [-0.4, -0.2) is 27.0 Å². The molecule has 0 saturated heterocycles. The van der Waals surface area contributed by atoms with Crippen LogP contribution in [0.4, 0.5) is 11.5 Å². The first kappa shape index (κ1) is 13.1. The van der Waals surface area contributed by atoms with Crippen molar-refractivity contribution in [2.45, 2.75) is 37.5 Å². The van der Waals surface area contributed by atoms with Crippen molar-refractivity contribution in [3.8, 4) is 0 Å². The summed E-state index contributed by atoms with van der Waals surface area (Å²) >= 11 is 1.92. The Bertz CT molecular complexity index is 428. The molecule has 1 N–H and O–H groups in total. The summed E-state index contributed by atoms with van der Waals surface area (Å²) < 4.78 is 0. The van der Waals surface area contributed by atoms with Gasteiger partial charge in [0.15, 0.2) is 0 Å². The highest BCUT2D eigenvalue weighted by atomic mass is 32.2. The van der Waals surface area contributed by atoms with Gasteiger partial charge in [-0.05, 0) is 24.7 Å². The minimum atomic E-state index is -0.383. The van der Waals surface area contributed by atoms with Crippen molar-refractivity contribution in [3.63, 3.8) is 0 Å². The van der Waals surface area contributed by atoms with Crippen LogP contribution >= 0.6 is 11.8 Å². The van der Waals surface area contributed by atoms with E-state index in [0.717, 1.165) is 12.2 Å². The third-order valence-corrected chi connectivity index (χ3v) is 4.46. The van der Waals surface area contributed by atoms with Gasteiger partial charge in [-0.15, -0.1) is 0 Å². The van der Waals surface area contributed by atoms with Crippen molar-refractivity contribution in [2.75, 3.05) is 11.1 Å². The zero-order valence-electron chi connectivity index (χ0n) is 10.3. The third kappa shape index (κ3) is 2.93. The van der Waals surface area contributed by atoms with Crippen LogP contribution in [0.2, 0.25) is 0 Å². The summed E-state index contributed by atoms with van der Waals surface area (Å²) in [7, 11) is 0. The first-order valence-corrected chi connectivity index (χ1v) is 7.24. The predicted octanol–water partition coefficient (Wildman–Crippen LogP) is 3.08. The maximum atomic E-state index is 10.9. The topological polar surface area (TPSA) is 68.1 Å². The first-order valence-electron chi connectivity index (χ1n) is 6.20. The maximum absolute atomic E-state index is 10.9. The van der Waals surface area contributed by atoms with E-state index in [1.165, 1.54) is 18.9 Å². The smallest absolute Gasteiger partial charge is 0.311 e. The van der Waals surface area contributed by atoms with Crippen LogP contribution in [0.1, 0.15) is 26.2 Å². The normalized spacial score (nSPS) is 22.9. The van der Waals surface area contributed by atoms with Gasteiger partial charge in [-0.25, -0.2) is 4.98 Å². The molecule has 2 atom stereocenters. The SMILES string of the molecule is CCSC1CCCC1Nc1ncccc1[N+](=O)[O-]. The van der Waals surface area contributed by atoms with Crippen molar-refractivity contribution < 1.29 is 4.92 Å². The van der Waals surface area contributed by atoms with Crippen molar-refractivity contribution in [1.29, 1.82) is 0 Å². The summed E-state index contributed by atoms with van der Waals surface area (Å²) in [5, 5.41) is 14.7. The molecule has 6 heteroatoms. The first-order chi connectivity index (χ1) is 8.72. The van der Waals surface area contributed by atoms with Crippen LogP contribution in [0.3, 0.4) is 0 Å². The molecule has 18 heavy (non-hydrogen) atoms. The second-order valence-corrected chi connectivity index (χ2v) is 5.82. The highest BCUT2D eigenvalue weighted by molar-refractivity contribution is 7.99. The second kappa shape index (κ2) is 6.04. The molecule has 0 aliphatic heterocycles. The Kier molecular flexibility index (Phi) is 4.41. The molecule has 0 aromatic carbocycles. The van der Waals surface area contributed by atoms with Crippen LogP contribution in [0.25, 0.3) is 0 Å². The van der Waals surface area contributed by atoms with Crippen molar-refractivity contribution in [2.24, 2.45) is 0 Å². The number of pyridine rings is 1. The predicted molar refractivity (Wildman–Crippen MR) is 74.1 cm³/mol. The molecule has 1 aromatic rings. The summed E-state index contributed by atoms with van der Waals surface area (Å²) in [6, 6.07) is 3.38. The van der Waals surface area contributed by atoms with Gasteiger partial charge in [-0.1, -0.05) is 13.3 Å². The molecule has 1 heterocycles. The molecule has 0 bridgehead atoms. The monoisotopic (exact) mass is 267 g/mol. The fourth-order valence-electron chi connectivity index (χ4n) is 2.34. The van der Waals surface area contributed by atoms with Gasteiger partial charge in [0.2, 0.25) is 5.82 Å². The summed E-state index contributed by atoms with van der Waals surface area (Å²) in [6.07, 6.45) is 5.00. The van der Waals surface area contributed by atoms with E-state index >= 15 is 0 Å². The standard InChI is InChI=1S/C12H17N3O2S/c1-2-18-11-7-3-5-9(11)14-12-10(15(16)17)6-4-8-13-12/h4,6,8-9,11H,2-3,5,7H2,1H3,(H,13,14). The Balaban J connectivity index is 2.11. The fraction of sp³-hybridized carbons (Fsp3) is 0.583. The molecule has 1 aliphatic carbocycles. The molecule has 0 radical (unpaired) electrons. The van der Waals surface area contributed by atoms with E-state index in [4.69, 9.17) is 0 Å². The van der Waals surface area contributed by atoms with Gasteiger partial charge < -0.3 is 5.32 Å². The highest BCUT2D eigenvalue weighted by Gasteiger charge is 2.29. The van der Waals surface area contributed by atoms with Crippen LogP contribution in [-0.2, 0) is 0 Å². The quantitative estimate of drug-likeness (QED) is 0.656. The number of rotatable bonds is 5. The summed E-state index contributed by atoms with van der Waals surface area (Å²) in [6.45, 7) is 2.14. The number of nitrogens with one attached hydrogen (secondary N) is 1. The summed E-state index contributed by atoms with van der Waals surface area (Å²) in [5.74, 6) is 1.48. The van der Waals surface area contributed by atoms with Crippen molar-refractivity contribution in [1.82, 2.24) is 4.98 Å². The van der Waals surface area contributed by atoms with E-state index in [0.29, 0.717) is 17.1 Å². The lowest BCUT2D eigenvalue weighted by atomic mass is 10.2. The van der Waals surface area contributed by atoms with Crippen LogP contribution in [0, 0.1) is 10.1 Å². The molecular weight excluding hydrogens is 250 g/mol. The van der Waals surface area contributed by atoms with E-state index in [1.54, 1.807) is 12.3 Å². The number of hydrogen-bond donors (Lipinski definition) is 1. The lowest BCUT2D eigenvalue weighted by Gasteiger charge is -2.20. The van der Waals surface area contributed by atoms with Crippen LogP contribution < -0.4 is 5.32 Å². The van der Waals surface area contributed by atoms with Gasteiger partial charge in [0.05, 0.1) is 4.92 Å². The average Bonchev–Trinajstić information content (AvgIpc) is 2.78. The minimum Gasteiger partial charge on any atom is -0.360 e. The summed E-state index contributed by atoms with van der Waals surface area (Å²) in [4.78, 5) is 14.6. The largest absolute Gasteiger partial charge is 0.360 e. The molecule has 5 nitrogen and oxygen atoms in total. The van der Waals surface area contributed by atoms with E-state index in [9.17, 15) is 10.1 Å². The van der Waals surface area contributed by atoms with Crippen molar-refractivity contribution >= 4 is 23.3 Å². The van der Waals surface area contributed by atoms with Crippen LogP contribution in [0.15, 0.2) is 18.3 Å². The lowest BCUT2D eigenvalue weighted by molar-refractivity contribution is -0.384. The zero-order valence-corrected chi connectivity index (χ0v) is 11.2. The highest BCUT2D eigenvalue weighted by Crippen LogP contribution is 2.33. The van der Waals surface area contributed by atoms with Gasteiger partial charge >= 0.3 is 5.69 Å². The fourth-order valence-corrected chi connectivity index (χ4v) is 3.53. The van der Waals surface area contributed by atoms with Crippen molar-refractivity contribution in [3.05, 3.63) is 28.4 Å². The number of anilines is 1. The van der Waals surface area contributed by atoms with Gasteiger partial charge in [0.1, 0.15) is 0 Å². The molecule has 0 amide bonds. The van der Waals surface area contributed by atoms with Gasteiger partial charge in [0.25, 0.3) is 0 Å². The molecule has 98 valence electrons. The molecule has 1 aliphatic rings. The number of nitrogens with zero attached hydrogens (tertiary/aromatic N) is 2. The minimum absolute atomic E-state index is 0.0599. The molecular formula is C12H17N3O2S. The Morgan fingerprint density at radius 1 is 1.61 bits per heavy atom. The number of aromatic nitrogens is 1. The molecule has 0 spiro atoms. The molecule has 2 rings (SSSR count). The molecule has 1 fully saturated rings. The second-order valence-electron chi connectivity index (χ2n) is 4.30. The Morgan fingerprint density at radius 2 is 2.44 bits per heavy atom. The third-order valence-electron chi connectivity index (χ3n) is 3.14.